The van der Waals surface area contributed by atoms with Crippen LogP contribution in [0.5, 0.6) is 0 Å². The Morgan fingerprint density at radius 3 is 2.35 bits per heavy atom. The molecule has 0 bridgehead atoms. The van der Waals surface area contributed by atoms with Gasteiger partial charge in [-0.25, -0.2) is 4.79 Å². The van der Waals surface area contributed by atoms with Crippen LogP contribution in [0.15, 0.2) is 34.7 Å². The molecule has 8 heteroatoms. The number of nitrogens with zero attached hydrogens (tertiary/aromatic N) is 3. The molecule has 40 heavy (non-hydrogen) atoms. The molecule has 1 amide bonds. The third-order valence-electron chi connectivity index (χ3n) is 8.26. The van der Waals surface area contributed by atoms with Crippen LogP contribution in [0.25, 0.3) is 21.9 Å². The van der Waals surface area contributed by atoms with Crippen LogP contribution in [-0.2, 0) is 29.8 Å². The van der Waals surface area contributed by atoms with Gasteiger partial charge in [0.1, 0.15) is 11.2 Å². The second kappa shape index (κ2) is 11.1. The van der Waals surface area contributed by atoms with Crippen molar-refractivity contribution in [3.8, 4) is 0 Å². The zero-order chi connectivity index (χ0) is 28.7. The molecule has 2 aromatic heterocycles. The number of furan rings is 1. The van der Waals surface area contributed by atoms with Gasteiger partial charge in [-0.1, -0.05) is 6.92 Å². The number of ether oxygens (including phenoxy) is 1. The summed E-state index contributed by atoms with van der Waals surface area (Å²) in [4.78, 5) is 27.9. The predicted octanol–water partition coefficient (Wildman–Crippen LogP) is 6.92. The molecule has 0 unspecified atom stereocenters. The maximum Gasteiger partial charge on any atom is 0.337 e. The summed E-state index contributed by atoms with van der Waals surface area (Å²) in [6.45, 7) is 10.9. The van der Waals surface area contributed by atoms with Crippen molar-refractivity contribution in [1.82, 2.24) is 9.78 Å². The number of aromatic nitrogens is 2. The van der Waals surface area contributed by atoms with Crippen LogP contribution >= 0.6 is 0 Å². The number of aromatic carboxylic acids is 1. The van der Waals surface area contributed by atoms with E-state index in [-0.39, 0.29) is 23.4 Å². The van der Waals surface area contributed by atoms with E-state index >= 15 is 0 Å². The molecule has 1 aliphatic rings. The number of amides is 1. The Morgan fingerprint density at radius 2 is 1.73 bits per heavy atom. The highest BCUT2D eigenvalue weighted by atomic mass is 16.5. The van der Waals surface area contributed by atoms with Crippen LogP contribution < -0.4 is 4.90 Å². The minimum atomic E-state index is -1.08. The van der Waals surface area contributed by atoms with Crippen LogP contribution in [-0.4, -0.2) is 32.8 Å². The molecule has 0 radical (unpaired) electrons. The summed E-state index contributed by atoms with van der Waals surface area (Å²) in [5, 5.41) is 16.2. The number of hydrogen-bond donors (Lipinski definition) is 1. The number of benzene rings is 2. The summed E-state index contributed by atoms with van der Waals surface area (Å²) in [6, 6.07) is 9.23. The molecule has 5 rings (SSSR count). The molecular weight excluding hydrogens is 506 g/mol. The maximum absolute atomic E-state index is 13.8. The lowest BCUT2D eigenvalue weighted by atomic mass is 9.82. The molecule has 1 aliphatic carbocycles. The van der Waals surface area contributed by atoms with E-state index in [1.165, 1.54) is 0 Å². The number of carboxylic acid groups (broad SMARTS) is 1. The first-order chi connectivity index (χ1) is 19.0. The first-order valence-corrected chi connectivity index (χ1v) is 14.2. The number of hydrogen-bond acceptors (Lipinski definition) is 5. The molecule has 2 aromatic carbocycles. The molecule has 0 saturated heterocycles. The first-order valence-electron chi connectivity index (χ1n) is 14.2. The van der Waals surface area contributed by atoms with E-state index in [0.717, 1.165) is 59.0 Å². The fourth-order valence-electron chi connectivity index (χ4n) is 5.95. The van der Waals surface area contributed by atoms with E-state index in [1.54, 1.807) is 11.0 Å². The normalized spacial score (nSPS) is 17.7. The predicted molar refractivity (Wildman–Crippen MR) is 156 cm³/mol. The quantitative estimate of drug-likeness (QED) is 0.258. The van der Waals surface area contributed by atoms with Gasteiger partial charge in [-0.2, -0.15) is 5.10 Å². The fourth-order valence-corrected chi connectivity index (χ4v) is 5.95. The highest BCUT2D eigenvalue weighted by Gasteiger charge is 2.33. The Morgan fingerprint density at radius 1 is 1.05 bits per heavy atom. The number of carbonyl (C=O) groups is 2. The topological polar surface area (TPSA) is 97.8 Å². The van der Waals surface area contributed by atoms with Gasteiger partial charge < -0.3 is 19.2 Å². The summed E-state index contributed by atoms with van der Waals surface area (Å²) < 4.78 is 14.0. The molecule has 8 nitrogen and oxygen atoms in total. The summed E-state index contributed by atoms with van der Waals surface area (Å²) in [5.41, 5.74) is 5.66. The van der Waals surface area contributed by atoms with Crippen LogP contribution in [0, 0.1) is 25.7 Å². The minimum absolute atomic E-state index is 0.00638. The standard InChI is InChI=1S/C32H39N3O5/c1-18(2)35(31(36)22-9-7-19(3)8-10-22)28-14-26-25-13-23(16-39-17-24-12-21(5)33-34(24)6)20(4)11-29(25)40-30(26)15-27(28)32(37)38/h11-15,18-19,22H,7-10,16-17H2,1-6H3,(H,37,38)/t19-,22-. The van der Waals surface area contributed by atoms with Crippen molar-refractivity contribution in [2.24, 2.45) is 18.9 Å². The molecule has 0 spiro atoms. The van der Waals surface area contributed by atoms with Gasteiger partial charge in [-0.05, 0) is 101 Å². The fraction of sp³-hybridized carbons (Fsp3) is 0.469. The lowest BCUT2D eigenvalue weighted by molar-refractivity contribution is -0.123. The maximum atomic E-state index is 13.8. The Bertz CT molecular complexity index is 1570. The lowest BCUT2D eigenvalue weighted by Crippen LogP contribution is -2.42. The molecule has 212 valence electrons. The molecule has 0 atom stereocenters. The molecule has 4 aromatic rings. The van der Waals surface area contributed by atoms with Gasteiger partial charge in [0, 0.05) is 29.8 Å². The first kappa shape index (κ1) is 27.9. The van der Waals surface area contributed by atoms with Gasteiger partial charge >= 0.3 is 5.97 Å². The Kier molecular flexibility index (Phi) is 7.73. The highest BCUT2D eigenvalue weighted by molar-refractivity contribution is 6.12. The number of anilines is 1. The van der Waals surface area contributed by atoms with Gasteiger partial charge in [0.05, 0.1) is 35.9 Å². The SMILES string of the molecule is Cc1cc(COCc2cc3c(cc2C)oc2cc(C(=O)O)c(N(C(=O)[C@H]4CC[C@H](C)CC4)C(C)C)cc23)n(C)n1. The van der Waals surface area contributed by atoms with Crippen molar-refractivity contribution >= 4 is 39.5 Å². The Balaban J connectivity index is 1.53. The molecule has 1 saturated carbocycles. The van der Waals surface area contributed by atoms with E-state index in [9.17, 15) is 14.7 Å². The van der Waals surface area contributed by atoms with Crippen LogP contribution in [0.1, 0.15) is 79.3 Å². The van der Waals surface area contributed by atoms with Gasteiger partial charge in [0.2, 0.25) is 5.91 Å². The number of fused-ring (bicyclic) bond motifs is 3. The summed E-state index contributed by atoms with van der Waals surface area (Å²) in [6.07, 6.45) is 3.71. The number of rotatable bonds is 8. The van der Waals surface area contributed by atoms with E-state index in [1.807, 2.05) is 57.6 Å². The number of carbonyl (C=O) groups excluding carboxylic acids is 1. The average Bonchev–Trinajstić information content (AvgIpc) is 3.40. The van der Waals surface area contributed by atoms with E-state index < -0.39 is 5.97 Å². The smallest absolute Gasteiger partial charge is 0.337 e. The third-order valence-corrected chi connectivity index (χ3v) is 8.26. The molecule has 1 fully saturated rings. The van der Waals surface area contributed by atoms with Gasteiger partial charge in [0.15, 0.2) is 0 Å². The Hall–Kier alpha value is -3.65. The van der Waals surface area contributed by atoms with Crippen LogP contribution in [0.3, 0.4) is 0 Å². The minimum Gasteiger partial charge on any atom is -0.478 e. The van der Waals surface area contributed by atoms with Crippen molar-refractivity contribution in [2.45, 2.75) is 79.6 Å². The molecular formula is C32H39N3O5. The second-order valence-electron chi connectivity index (χ2n) is 11.7. The molecule has 1 N–H and O–H groups in total. The van der Waals surface area contributed by atoms with E-state index in [2.05, 4.69) is 18.1 Å². The summed E-state index contributed by atoms with van der Waals surface area (Å²) in [7, 11) is 1.91. The van der Waals surface area contributed by atoms with Crippen LogP contribution in [0.4, 0.5) is 5.69 Å². The van der Waals surface area contributed by atoms with Gasteiger partial charge in [0.25, 0.3) is 0 Å². The number of carboxylic acids is 1. The summed E-state index contributed by atoms with van der Waals surface area (Å²) in [5.74, 6) is -0.545. The van der Waals surface area contributed by atoms with E-state index in [4.69, 9.17) is 9.15 Å². The summed E-state index contributed by atoms with van der Waals surface area (Å²) >= 11 is 0. The van der Waals surface area contributed by atoms with Crippen molar-refractivity contribution in [3.05, 3.63) is 58.4 Å². The Labute approximate surface area is 234 Å². The van der Waals surface area contributed by atoms with E-state index in [0.29, 0.717) is 36.0 Å². The van der Waals surface area contributed by atoms with Gasteiger partial charge in [-0.15, -0.1) is 0 Å². The zero-order valence-corrected chi connectivity index (χ0v) is 24.3. The monoisotopic (exact) mass is 545 g/mol. The van der Waals surface area contributed by atoms with Crippen molar-refractivity contribution in [1.29, 1.82) is 0 Å². The zero-order valence-electron chi connectivity index (χ0n) is 24.3. The lowest BCUT2D eigenvalue weighted by Gasteiger charge is -2.34. The molecule has 0 aliphatic heterocycles. The van der Waals surface area contributed by atoms with Crippen molar-refractivity contribution in [3.63, 3.8) is 0 Å². The largest absolute Gasteiger partial charge is 0.478 e. The second-order valence-corrected chi connectivity index (χ2v) is 11.7. The van der Waals surface area contributed by atoms with Crippen LogP contribution in [0.2, 0.25) is 0 Å². The average molecular weight is 546 g/mol. The van der Waals surface area contributed by atoms with Crippen molar-refractivity contribution < 1.29 is 23.8 Å². The highest BCUT2D eigenvalue weighted by Crippen LogP contribution is 2.38. The van der Waals surface area contributed by atoms with Crippen molar-refractivity contribution in [2.75, 3.05) is 4.90 Å². The third kappa shape index (κ3) is 5.37. The molecule has 2 heterocycles. The number of aryl methyl sites for hydroxylation is 3. The van der Waals surface area contributed by atoms with Gasteiger partial charge in [-0.3, -0.25) is 9.48 Å².